The van der Waals surface area contributed by atoms with Crippen LogP contribution in [-0.4, -0.2) is 33.5 Å². The minimum Gasteiger partial charge on any atom is -0.331 e. The lowest BCUT2D eigenvalue weighted by molar-refractivity contribution is -0.380. The second-order valence-corrected chi connectivity index (χ2v) is 10.8. The maximum Gasteiger partial charge on any atom is 0.285 e. The van der Waals surface area contributed by atoms with Crippen molar-refractivity contribution in [2.75, 3.05) is 27.5 Å². The van der Waals surface area contributed by atoms with E-state index in [1.165, 1.54) is 49.1 Å². The van der Waals surface area contributed by atoms with Gasteiger partial charge in [0.1, 0.15) is 0 Å². The maximum absolute atomic E-state index is 5.78. The predicted molar refractivity (Wildman–Crippen MR) is 138 cm³/mol. The Balaban J connectivity index is 2.03. The molecule has 0 aliphatic rings. The molecule has 1 atom stereocenters. The van der Waals surface area contributed by atoms with Crippen LogP contribution in [-0.2, 0) is 14.2 Å². The number of benzene rings is 2. The molecule has 2 rings (SSSR count). The van der Waals surface area contributed by atoms with E-state index in [2.05, 4.69) is 67.6 Å². The Bertz CT molecular complexity index is 655. The van der Waals surface area contributed by atoms with Gasteiger partial charge in [0.2, 0.25) is 0 Å². The zero-order valence-electron chi connectivity index (χ0n) is 20.6. The predicted octanol–water partition coefficient (Wildman–Crippen LogP) is 6.86. The lowest BCUT2D eigenvalue weighted by Gasteiger charge is -2.37. The van der Waals surface area contributed by atoms with Gasteiger partial charge in [-0.1, -0.05) is 106 Å². The second kappa shape index (κ2) is 15.6. The number of methoxy groups -OCH3 is 3. The average Bonchev–Trinajstić information content (AvgIpc) is 2.85. The van der Waals surface area contributed by atoms with Gasteiger partial charge in [0.05, 0.1) is 0 Å². The van der Waals surface area contributed by atoms with Gasteiger partial charge in [-0.3, -0.25) is 0 Å². The number of hydrogen-bond donors (Lipinski definition) is 0. The Hall–Kier alpha value is -1.25. The fraction of sp³-hybridized carbons (Fsp3) is 0.571. The van der Waals surface area contributed by atoms with E-state index in [1.54, 1.807) is 21.3 Å². The maximum atomic E-state index is 5.78. The van der Waals surface area contributed by atoms with Crippen molar-refractivity contribution in [1.82, 2.24) is 0 Å². The molecule has 0 saturated heterocycles. The fourth-order valence-electron chi connectivity index (χ4n) is 4.54. The molecule has 0 bridgehead atoms. The van der Waals surface area contributed by atoms with Gasteiger partial charge in [-0.25, -0.2) is 0 Å². The third-order valence-corrected chi connectivity index (χ3v) is 8.94. The number of unbranched alkanes of at least 4 members (excludes halogenated alkanes) is 5. The molecule has 0 amide bonds. The molecule has 178 valence electrons. The van der Waals surface area contributed by atoms with Gasteiger partial charge in [-0.15, -0.1) is 0 Å². The molecule has 3 nitrogen and oxygen atoms in total. The van der Waals surface area contributed by atoms with Crippen LogP contribution < -0.4 is 10.6 Å². The van der Waals surface area contributed by atoms with E-state index < -0.39 is 5.97 Å². The highest BCUT2D eigenvalue weighted by Crippen LogP contribution is 2.38. The summed E-state index contributed by atoms with van der Waals surface area (Å²) in [6.45, 7) is 2.26. The summed E-state index contributed by atoms with van der Waals surface area (Å²) in [6, 6.07) is 21.9. The van der Waals surface area contributed by atoms with Crippen molar-refractivity contribution in [3.63, 3.8) is 0 Å². The summed E-state index contributed by atoms with van der Waals surface area (Å²) in [5.41, 5.74) is 0. The highest BCUT2D eigenvalue weighted by Gasteiger charge is 2.39. The van der Waals surface area contributed by atoms with Crippen molar-refractivity contribution in [3.05, 3.63) is 60.7 Å². The first kappa shape index (κ1) is 27.0. The topological polar surface area (TPSA) is 27.7 Å². The quantitative estimate of drug-likeness (QED) is 0.147. The van der Waals surface area contributed by atoms with Crippen LogP contribution in [0.5, 0.6) is 0 Å². The van der Waals surface area contributed by atoms with Gasteiger partial charge in [0, 0.05) is 27.2 Å². The largest absolute Gasteiger partial charge is 0.331 e. The Morgan fingerprint density at radius 2 is 1.12 bits per heavy atom. The summed E-state index contributed by atoms with van der Waals surface area (Å²) < 4.78 is 17.3. The van der Waals surface area contributed by atoms with Gasteiger partial charge in [-0.2, -0.15) is 0 Å². The molecule has 0 spiro atoms. The molecule has 0 saturated carbocycles. The van der Waals surface area contributed by atoms with Crippen molar-refractivity contribution in [3.8, 4) is 0 Å². The monoisotopic (exact) mass is 458 g/mol. The SMILES string of the molecule is CCCCCCCCC(CCCP(c1ccccc1)c1ccccc1)C(OC)(OC)OC. The molecule has 4 heteroatoms. The summed E-state index contributed by atoms with van der Waals surface area (Å²) in [7, 11) is 4.71. The summed E-state index contributed by atoms with van der Waals surface area (Å²) in [4.78, 5) is 0. The van der Waals surface area contributed by atoms with Crippen LogP contribution in [0.4, 0.5) is 0 Å². The number of ether oxygens (including phenoxy) is 3. The molecule has 0 aromatic heterocycles. The van der Waals surface area contributed by atoms with E-state index >= 15 is 0 Å². The van der Waals surface area contributed by atoms with Crippen LogP contribution in [0.25, 0.3) is 0 Å². The van der Waals surface area contributed by atoms with Crippen LogP contribution in [0.15, 0.2) is 60.7 Å². The number of hydrogen-bond acceptors (Lipinski definition) is 3. The normalized spacial score (nSPS) is 12.9. The van der Waals surface area contributed by atoms with Crippen LogP contribution in [0, 0.1) is 5.92 Å². The van der Waals surface area contributed by atoms with Crippen molar-refractivity contribution >= 4 is 18.5 Å². The van der Waals surface area contributed by atoms with Crippen LogP contribution >= 0.6 is 7.92 Å². The second-order valence-electron chi connectivity index (χ2n) is 8.43. The third kappa shape index (κ3) is 8.27. The number of rotatable bonds is 17. The highest BCUT2D eigenvalue weighted by atomic mass is 31.1. The summed E-state index contributed by atoms with van der Waals surface area (Å²) in [5, 5.41) is 2.88. The first-order valence-corrected chi connectivity index (χ1v) is 13.8. The average molecular weight is 459 g/mol. The van der Waals surface area contributed by atoms with Crippen molar-refractivity contribution in [2.24, 2.45) is 5.92 Å². The Morgan fingerprint density at radius 1 is 0.656 bits per heavy atom. The van der Waals surface area contributed by atoms with Crippen LogP contribution in [0.3, 0.4) is 0 Å². The smallest absolute Gasteiger partial charge is 0.285 e. The minimum absolute atomic E-state index is 0.220. The summed E-state index contributed by atoms with van der Waals surface area (Å²) in [5.74, 6) is -0.733. The first-order chi connectivity index (χ1) is 15.7. The lowest BCUT2D eigenvalue weighted by atomic mass is 9.93. The molecule has 1 unspecified atom stereocenters. The van der Waals surface area contributed by atoms with E-state index in [0.717, 1.165) is 25.4 Å². The molecule has 0 radical (unpaired) electrons. The molecule has 0 heterocycles. The molecule has 0 aliphatic carbocycles. The van der Waals surface area contributed by atoms with Crippen molar-refractivity contribution < 1.29 is 14.2 Å². The highest BCUT2D eigenvalue weighted by molar-refractivity contribution is 7.73. The van der Waals surface area contributed by atoms with Gasteiger partial charge in [0.15, 0.2) is 0 Å². The molecular formula is C28H43O3P. The first-order valence-electron chi connectivity index (χ1n) is 12.2. The zero-order valence-corrected chi connectivity index (χ0v) is 21.5. The molecule has 2 aromatic carbocycles. The van der Waals surface area contributed by atoms with E-state index in [4.69, 9.17) is 14.2 Å². The Kier molecular flexibility index (Phi) is 13.1. The van der Waals surface area contributed by atoms with Crippen LogP contribution in [0.2, 0.25) is 0 Å². The van der Waals surface area contributed by atoms with Gasteiger partial charge in [-0.05, 0) is 44.0 Å². The Labute approximate surface area is 197 Å². The van der Waals surface area contributed by atoms with E-state index in [-0.39, 0.29) is 13.8 Å². The summed E-state index contributed by atoms with van der Waals surface area (Å²) in [6.07, 6.45) is 12.1. The van der Waals surface area contributed by atoms with E-state index in [9.17, 15) is 0 Å². The molecule has 2 aromatic rings. The Morgan fingerprint density at radius 3 is 1.62 bits per heavy atom. The standard InChI is InChI=1S/C28H43O3P/c1-5-6-7-8-9-12-18-25(28(29-2,30-3)31-4)19-17-24-32(26-20-13-10-14-21-26)27-22-15-11-16-23-27/h10-11,13-16,20-23,25H,5-9,12,17-19,24H2,1-4H3. The van der Waals surface area contributed by atoms with Gasteiger partial charge < -0.3 is 14.2 Å². The van der Waals surface area contributed by atoms with Crippen LogP contribution in [0.1, 0.15) is 64.7 Å². The molecule has 0 N–H and O–H groups in total. The van der Waals surface area contributed by atoms with E-state index in [0.29, 0.717) is 0 Å². The van der Waals surface area contributed by atoms with Crippen molar-refractivity contribution in [1.29, 1.82) is 0 Å². The van der Waals surface area contributed by atoms with Crippen molar-refractivity contribution in [2.45, 2.75) is 70.7 Å². The van der Waals surface area contributed by atoms with Gasteiger partial charge >= 0.3 is 0 Å². The van der Waals surface area contributed by atoms with E-state index in [1.807, 2.05) is 0 Å². The van der Waals surface area contributed by atoms with Gasteiger partial charge in [0.25, 0.3) is 5.97 Å². The molecule has 0 aliphatic heterocycles. The minimum atomic E-state index is -0.953. The third-order valence-electron chi connectivity index (χ3n) is 6.33. The lowest BCUT2D eigenvalue weighted by Crippen LogP contribution is -2.44. The fourth-order valence-corrected chi connectivity index (χ4v) is 6.92. The molecule has 32 heavy (non-hydrogen) atoms. The molecular weight excluding hydrogens is 415 g/mol. The molecule has 0 fully saturated rings. The summed E-state index contributed by atoms with van der Waals surface area (Å²) >= 11 is 0. The zero-order chi connectivity index (χ0) is 23.1.